The van der Waals surface area contributed by atoms with E-state index >= 15 is 0 Å². The monoisotopic (exact) mass is 349 g/mol. The van der Waals surface area contributed by atoms with E-state index in [0.717, 1.165) is 21.8 Å². The zero-order valence-corrected chi connectivity index (χ0v) is 14.3. The molecule has 1 N–H and O–H groups in total. The van der Waals surface area contributed by atoms with Crippen molar-refractivity contribution < 1.29 is 14.4 Å². The number of hydrogen-bond donors (Lipinski definition) is 1. The fourth-order valence-electron chi connectivity index (χ4n) is 3.45. The fraction of sp³-hybridized carbons (Fsp3) is 0.250. The standard InChI is InChI=1S/C20H19N3O3/c24-18-10-5-11-19(25)23(18)22-13-16-15(20(22)26)8-4-9-17(16)21-12-14-6-2-1-3-7-14/h1-4,6-9,21H,5,10-13H2. The van der Waals surface area contributed by atoms with Crippen LogP contribution in [0.3, 0.4) is 0 Å². The van der Waals surface area contributed by atoms with Crippen molar-refractivity contribution in [2.24, 2.45) is 0 Å². The Morgan fingerprint density at radius 2 is 1.62 bits per heavy atom. The van der Waals surface area contributed by atoms with E-state index in [2.05, 4.69) is 5.32 Å². The summed E-state index contributed by atoms with van der Waals surface area (Å²) in [6.45, 7) is 0.858. The van der Waals surface area contributed by atoms with Gasteiger partial charge in [-0.05, 0) is 24.1 Å². The lowest BCUT2D eigenvalue weighted by atomic mass is 10.1. The number of fused-ring (bicyclic) bond motifs is 1. The molecule has 0 aliphatic carbocycles. The summed E-state index contributed by atoms with van der Waals surface area (Å²) in [5.41, 5.74) is 3.33. The van der Waals surface area contributed by atoms with E-state index in [1.54, 1.807) is 6.07 Å². The molecule has 0 saturated carbocycles. The van der Waals surface area contributed by atoms with Crippen LogP contribution in [-0.4, -0.2) is 27.7 Å². The highest BCUT2D eigenvalue weighted by Crippen LogP contribution is 2.32. The zero-order chi connectivity index (χ0) is 18.1. The number of hydrazine groups is 1. The third kappa shape index (κ3) is 2.83. The van der Waals surface area contributed by atoms with Crippen molar-refractivity contribution in [2.75, 3.05) is 5.32 Å². The van der Waals surface area contributed by atoms with Crippen LogP contribution in [0.15, 0.2) is 48.5 Å². The molecule has 6 nitrogen and oxygen atoms in total. The summed E-state index contributed by atoms with van der Waals surface area (Å²) in [5.74, 6) is -0.908. The van der Waals surface area contributed by atoms with Crippen LogP contribution in [0, 0.1) is 0 Å². The van der Waals surface area contributed by atoms with Gasteiger partial charge in [0.05, 0.1) is 6.54 Å². The number of nitrogens with one attached hydrogen (secondary N) is 1. The van der Waals surface area contributed by atoms with Crippen LogP contribution >= 0.6 is 0 Å². The Morgan fingerprint density at radius 3 is 2.35 bits per heavy atom. The molecule has 132 valence electrons. The second kappa shape index (κ2) is 6.63. The van der Waals surface area contributed by atoms with E-state index in [0.29, 0.717) is 31.4 Å². The van der Waals surface area contributed by atoms with E-state index in [1.165, 1.54) is 5.01 Å². The first kappa shape index (κ1) is 16.3. The molecule has 4 rings (SSSR count). The summed E-state index contributed by atoms with van der Waals surface area (Å²) >= 11 is 0. The number of piperidine rings is 1. The number of carbonyl (C=O) groups excluding carboxylic acids is 3. The van der Waals surface area contributed by atoms with Gasteiger partial charge in [0, 0.05) is 36.2 Å². The largest absolute Gasteiger partial charge is 0.381 e. The summed E-state index contributed by atoms with van der Waals surface area (Å²) < 4.78 is 0. The van der Waals surface area contributed by atoms with E-state index in [4.69, 9.17) is 0 Å². The van der Waals surface area contributed by atoms with Gasteiger partial charge in [0.15, 0.2) is 0 Å². The van der Waals surface area contributed by atoms with Crippen LogP contribution in [0.5, 0.6) is 0 Å². The highest BCUT2D eigenvalue weighted by Gasteiger charge is 2.39. The second-order valence-electron chi connectivity index (χ2n) is 6.49. The van der Waals surface area contributed by atoms with Gasteiger partial charge in [-0.15, -0.1) is 0 Å². The Kier molecular flexibility index (Phi) is 4.16. The van der Waals surface area contributed by atoms with Crippen molar-refractivity contribution in [1.29, 1.82) is 0 Å². The summed E-state index contributed by atoms with van der Waals surface area (Å²) in [5, 5.41) is 5.67. The van der Waals surface area contributed by atoms with Gasteiger partial charge in [-0.25, -0.2) is 5.01 Å². The molecule has 0 bridgehead atoms. The minimum atomic E-state index is -0.304. The van der Waals surface area contributed by atoms with Crippen molar-refractivity contribution >= 4 is 23.4 Å². The normalized spacial score (nSPS) is 16.8. The molecule has 2 aliphatic rings. The smallest absolute Gasteiger partial charge is 0.273 e. The van der Waals surface area contributed by atoms with Crippen molar-refractivity contribution in [1.82, 2.24) is 10.0 Å². The van der Waals surface area contributed by atoms with Crippen molar-refractivity contribution in [3.8, 4) is 0 Å². The number of rotatable bonds is 4. The van der Waals surface area contributed by atoms with Crippen LogP contribution in [0.4, 0.5) is 5.69 Å². The number of amides is 3. The van der Waals surface area contributed by atoms with Gasteiger partial charge in [-0.1, -0.05) is 36.4 Å². The fourth-order valence-corrected chi connectivity index (χ4v) is 3.45. The molecule has 26 heavy (non-hydrogen) atoms. The molecule has 0 atom stereocenters. The van der Waals surface area contributed by atoms with Crippen molar-refractivity contribution in [2.45, 2.75) is 32.4 Å². The number of carbonyl (C=O) groups is 3. The second-order valence-corrected chi connectivity index (χ2v) is 6.49. The molecular weight excluding hydrogens is 330 g/mol. The molecule has 0 spiro atoms. The van der Waals surface area contributed by atoms with Gasteiger partial charge in [-0.3, -0.25) is 14.4 Å². The average molecular weight is 349 g/mol. The molecular formula is C20H19N3O3. The Morgan fingerprint density at radius 1 is 0.885 bits per heavy atom. The van der Waals surface area contributed by atoms with Crippen LogP contribution in [0.25, 0.3) is 0 Å². The first-order valence-corrected chi connectivity index (χ1v) is 8.72. The Hall–Kier alpha value is -3.15. The maximum Gasteiger partial charge on any atom is 0.273 e. The van der Waals surface area contributed by atoms with Gasteiger partial charge in [0.2, 0.25) is 11.8 Å². The number of hydrogen-bond acceptors (Lipinski definition) is 4. The predicted molar refractivity (Wildman–Crippen MR) is 95.8 cm³/mol. The van der Waals surface area contributed by atoms with Gasteiger partial charge in [0.25, 0.3) is 5.91 Å². The molecule has 2 aromatic carbocycles. The van der Waals surface area contributed by atoms with Gasteiger partial charge < -0.3 is 5.32 Å². The first-order valence-electron chi connectivity index (χ1n) is 8.72. The predicted octanol–water partition coefficient (Wildman–Crippen LogP) is 2.71. The van der Waals surface area contributed by atoms with Crippen LogP contribution in [-0.2, 0) is 22.7 Å². The van der Waals surface area contributed by atoms with E-state index in [9.17, 15) is 14.4 Å². The Labute approximate surface area is 151 Å². The van der Waals surface area contributed by atoms with Crippen molar-refractivity contribution in [3.05, 3.63) is 65.2 Å². The number of imide groups is 1. The summed E-state index contributed by atoms with van der Waals surface area (Å²) in [4.78, 5) is 37.1. The topological polar surface area (TPSA) is 69.7 Å². The molecule has 1 fully saturated rings. The van der Waals surface area contributed by atoms with E-state index < -0.39 is 0 Å². The molecule has 0 aromatic heterocycles. The lowest BCUT2D eigenvalue weighted by Crippen LogP contribution is -2.52. The quantitative estimate of drug-likeness (QED) is 0.862. The number of anilines is 1. The third-order valence-corrected chi connectivity index (χ3v) is 4.77. The maximum absolute atomic E-state index is 12.8. The Balaban J connectivity index is 1.58. The highest BCUT2D eigenvalue weighted by atomic mass is 16.2. The van der Waals surface area contributed by atoms with Crippen LogP contribution in [0.2, 0.25) is 0 Å². The van der Waals surface area contributed by atoms with E-state index in [1.807, 2.05) is 42.5 Å². The van der Waals surface area contributed by atoms with Gasteiger partial charge >= 0.3 is 0 Å². The highest BCUT2D eigenvalue weighted by molar-refractivity contribution is 6.05. The molecule has 0 radical (unpaired) electrons. The minimum Gasteiger partial charge on any atom is -0.381 e. The minimum absolute atomic E-state index is 0.226. The Bertz CT molecular complexity index is 863. The maximum atomic E-state index is 12.8. The molecule has 6 heteroatoms. The lowest BCUT2D eigenvalue weighted by molar-refractivity contribution is -0.163. The number of nitrogens with zero attached hydrogens (tertiary/aromatic N) is 2. The SMILES string of the molecule is O=C1c2cccc(NCc3ccccc3)c2CN1N1C(=O)CCCC1=O. The number of benzene rings is 2. The van der Waals surface area contributed by atoms with Crippen molar-refractivity contribution in [3.63, 3.8) is 0 Å². The summed E-state index contributed by atoms with van der Waals surface area (Å²) in [7, 11) is 0. The lowest BCUT2D eigenvalue weighted by Gasteiger charge is -2.32. The molecule has 1 saturated heterocycles. The molecule has 2 heterocycles. The van der Waals surface area contributed by atoms with Gasteiger partial charge in [-0.2, -0.15) is 5.01 Å². The molecule has 2 aliphatic heterocycles. The van der Waals surface area contributed by atoms with E-state index in [-0.39, 0.29) is 24.3 Å². The average Bonchev–Trinajstić information content (AvgIpc) is 2.98. The van der Waals surface area contributed by atoms with Gasteiger partial charge in [0.1, 0.15) is 0 Å². The summed E-state index contributed by atoms with van der Waals surface area (Å²) in [6, 6.07) is 15.4. The van der Waals surface area contributed by atoms with Crippen LogP contribution in [0.1, 0.15) is 40.7 Å². The third-order valence-electron chi connectivity index (χ3n) is 4.77. The molecule has 0 unspecified atom stereocenters. The van der Waals surface area contributed by atoms with Crippen LogP contribution < -0.4 is 5.32 Å². The molecule has 2 aromatic rings. The first-order chi connectivity index (χ1) is 12.6. The summed E-state index contributed by atoms with van der Waals surface area (Å²) in [6.07, 6.45) is 1.14. The zero-order valence-electron chi connectivity index (χ0n) is 14.3. The molecule has 3 amide bonds.